The van der Waals surface area contributed by atoms with Crippen LogP contribution in [0.25, 0.3) is 0 Å². The summed E-state index contributed by atoms with van der Waals surface area (Å²) in [5, 5.41) is 0. The number of esters is 2. The molecule has 0 amide bonds. The van der Waals surface area contributed by atoms with Gasteiger partial charge in [-0.2, -0.15) is 0 Å². The van der Waals surface area contributed by atoms with Crippen molar-refractivity contribution in [2.75, 3.05) is 39.6 Å². The van der Waals surface area contributed by atoms with E-state index in [1.807, 2.05) is 27.7 Å². The Balaban J connectivity index is 1.82. The number of carbonyl (C=O) groups excluding carboxylic acids is 2. The van der Waals surface area contributed by atoms with Crippen LogP contribution in [0.1, 0.15) is 54.4 Å². The van der Waals surface area contributed by atoms with Crippen LogP contribution < -0.4 is 0 Å². The fraction of sp³-hybridized carbons (Fsp3) is 0.905. The lowest BCUT2D eigenvalue weighted by molar-refractivity contribution is -0.337. The van der Waals surface area contributed by atoms with E-state index in [2.05, 4.69) is 0 Å². The minimum Gasteiger partial charge on any atom is -0.465 e. The third-order valence-corrected chi connectivity index (χ3v) is 5.23. The Morgan fingerprint density at radius 3 is 1.34 bits per heavy atom. The maximum absolute atomic E-state index is 11.4. The molecule has 168 valence electrons. The molecule has 2 aliphatic rings. The third-order valence-electron chi connectivity index (χ3n) is 5.23. The zero-order valence-corrected chi connectivity index (χ0v) is 18.6. The maximum Gasteiger partial charge on any atom is 0.305 e. The highest BCUT2D eigenvalue weighted by atomic mass is 16.7. The Hall–Kier alpha value is -1.22. The lowest BCUT2D eigenvalue weighted by atomic mass is 9.86. The fourth-order valence-electron chi connectivity index (χ4n) is 3.13. The fourth-order valence-corrected chi connectivity index (χ4v) is 3.13. The Kier molecular flexibility index (Phi) is 8.07. The first-order chi connectivity index (χ1) is 13.5. The normalized spacial score (nSPS) is 28.2. The van der Waals surface area contributed by atoms with Gasteiger partial charge in [0.1, 0.15) is 13.2 Å². The summed E-state index contributed by atoms with van der Waals surface area (Å²) in [7, 11) is 0. The first-order valence-electron chi connectivity index (χ1n) is 10.3. The van der Waals surface area contributed by atoms with Crippen molar-refractivity contribution in [2.24, 2.45) is 16.2 Å². The van der Waals surface area contributed by atoms with Gasteiger partial charge in [-0.15, -0.1) is 0 Å². The van der Waals surface area contributed by atoms with Gasteiger partial charge in [0, 0.05) is 23.7 Å². The molecule has 0 aromatic heterocycles. The summed E-state index contributed by atoms with van der Waals surface area (Å²) in [6, 6.07) is 0. The number of rotatable bonds is 8. The van der Waals surface area contributed by atoms with E-state index in [0.29, 0.717) is 39.3 Å². The number of ether oxygens (including phenoxy) is 6. The largest absolute Gasteiger partial charge is 0.465 e. The first kappa shape index (κ1) is 24.1. The average Bonchev–Trinajstić information content (AvgIpc) is 2.71. The van der Waals surface area contributed by atoms with Crippen LogP contribution in [-0.4, -0.2) is 64.2 Å². The van der Waals surface area contributed by atoms with Gasteiger partial charge in [-0.05, 0) is 0 Å². The van der Waals surface area contributed by atoms with Crippen LogP contribution in [0.3, 0.4) is 0 Å². The van der Waals surface area contributed by atoms with Crippen LogP contribution >= 0.6 is 0 Å². The highest BCUT2D eigenvalue weighted by Crippen LogP contribution is 2.38. The van der Waals surface area contributed by atoms with Crippen LogP contribution in [0.15, 0.2) is 0 Å². The Bertz CT molecular complexity index is 502. The summed E-state index contributed by atoms with van der Waals surface area (Å²) in [5.74, 6) is -0.476. The standard InChI is InChI=1S/C21H36O8/c1-7-15(22)24-9-19(3,4)17-26-11-21(12-27-17)13-28-18(29-14-21)20(5,6)10-25-16(23)8-2/h17-18H,7-14H2,1-6H3. The van der Waals surface area contributed by atoms with Gasteiger partial charge >= 0.3 is 11.9 Å². The van der Waals surface area contributed by atoms with Crippen molar-refractivity contribution < 1.29 is 38.0 Å². The van der Waals surface area contributed by atoms with Gasteiger partial charge in [-0.3, -0.25) is 9.59 Å². The molecule has 0 unspecified atom stereocenters. The van der Waals surface area contributed by atoms with Crippen molar-refractivity contribution in [3.05, 3.63) is 0 Å². The van der Waals surface area contributed by atoms with Crippen molar-refractivity contribution in [3.8, 4) is 0 Å². The second kappa shape index (κ2) is 9.73. The van der Waals surface area contributed by atoms with Crippen LogP contribution in [-0.2, 0) is 38.0 Å². The molecule has 0 aromatic rings. The topological polar surface area (TPSA) is 89.5 Å². The Labute approximate surface area is 173 Å². The maximum atomic E-state index is 11.4. The summed E-state index contributed by atoms with van der Waals surface area (Å²) in [4.78, 5) is 22.9. The average molecular weight is 417 g/mol. The van der Waals surface area contributed by atoms with Crippen LogP contribution in [0, 0.1) is 16.2 Å². The van der Waals surface area contributed by atoms with E-state index in [4.69, 9.17) is 28.4 Å². The molecule has 0 saturated carbocycles. The molecule has 0 radical (unpaired) electrons. The molecule has 0 bridgehead atoms. The summed E-state index contributed by atoms with van der Waals surface area (Å²) in [6.45, 7) is 13.5. The summed E-state index contributed by atoms with van der Waals surface area (Å²) in [6.07, 6.45) is -0.258. The summed E-state index contributed by atoms with van der Waals surface area (Å²) < 4.78 is 34.4. The predicted molar refractivity (Wildman–Crippen MR) is 104 cm³/mol. The Morgan fingerprint density at radius 2 is 1.07 bits per heavy atom. The molecule has 0 aliphatic carbocycles. The van der Waals surface area contributed by atoms with Gasteiger partial charge in [0.25, 0.3) is 0 Å². The summed E-state index contributed by atoms with van der Waals surface area (Å²) in [5.41, 5.74) is -1.30. The van der Waals surface area contributed by atoms with E-state index < -0.39 is 23.4 Å². The minimum atomic E-state index is -0.472. The van der Waals surface area contributed by atoms with Gasteiger partial charge in [0.05, 0.1) is 31.8 Å². The molecule has 2 fully saturated rings. The number of hydrogen-bond donors (Lipinski definition) is 0. The van der Waals surface area contributed by atoms with Crippen LogP contribution in [0.4, 0.5) is 0 Å². The molecular formula is C21H36O8. The van der Waals surface area contributed by atoms with Gasteiger partial charge in [0.15, 0.2) is 12.6 Å². The molecule has 2 heterocycles. The summed E-state index contributed by atoms with van der Waals surface area (Å²) >= 11 is 0. The van der Waals surface area contributed by atoms with Crippen molar-refractivity contribution in [3.63, 3.8) is 0 Å². The van der Waals surface area contributed by atoms with E-state index >= 15 is 0 Å². The SMILES string of the molecule is CCC(=O)OCC(C)(C)C1OCC2(CO1)COC(C(C)(C)COC(=O)CC)OC2. The van der Waals surface area contributed by atoms with Crippen molar-refractivity contribution >= 4 is 11.9 Å². The lowest BCUT2D eigenvalue weighted by Crippen LogP contribution is -2.57. The molecule has 0 atom stereocenters. The van der Waals surface area contributed by atoms with E-state index in [1.54, 1.807) is 13.8 Å². The highest BCUT2D eigenvalue weighted by Gasteiger charge is 2.48. The quantitative estimate of drug-likeness (QED) is 0.558. The molecule has 1 spiro atoms. The van der Waals surface area contributed by atoms with Crippen LogP contribution in [0.2, 0.25) is 0 Å². The van der Waals surface area contributed by atoms with E-state index in [1.165, 1.54) is 0 Å². The van der Waals surface area contributed by atoms with Gasteiger partial charge < -0.3 is 28.4 Å². The molecular weight excluding hydrogens is 380 g/mol. The van der Waals surface area contributed by atoms with Crippen LogP contribution in [0.5, 0.6) is 0 Å². The molecule has 8 heteroatoms. The number of hydrogen-bond acceptors (Lipinski definition) is 8. The van der Waals surface area contributed by atoms with Gasteiger partial charge in [-0.25, -0.2) is 0 Å². The second-order valence-corrected chi connectivity index (χ2v) is 9.41. The van der Waals surface area contributed by atoms with Crippen molar-refractivity contribution in [1.29, 1.82) is 0 Å². The monoisotopic (exact) mass is 416 g/mol. The molecule has 2 saturated heterocycles. The Morgan fingerprint density at radius 1 is 0.759 bits per heavy atom. The molecule has 0 N–H and O–H groups in total. The first-order valence-corrected chi connectivity index (χ1v) is 10.3. The van der Waals surface area contributed by atoms with Crippen molar-refractivity contribution in [1.82, 2.24) is 0 Å². The second-order valence-electron chi connectivity index (χ2n) is 9.41. The molecule has 2 rings (SSSR count). The highest BCUT2D eigenvalue weighted by molar-refractivity contribution is 5.69. The van der Waals surface area contributed by atoms with E-state index in [9.17, 15) is 9.59 Å². The molecule has 29 heavy (non-hydrogen) atoms. The van der Waals surface area contributed by atoms with E-state index in [0.717, 1.165) is 0 Å². The lowest BCUT2D eigenvalue weighted by Gasteiger charge is -2.48. The van der Waals surface area contributed by atoms with Gasteiger partial charge in [0.2, 0.25) is 0 Å². The molecule has 0 aromatic carbocycles. The minimum absolute atomic E-state index is 0.233. The van der Waals surface area contributed by atoms with E-state index in [-0.39, 0.29) is 30.6 Å². The zero-order valence-electron chi connectivity index (χ0n) is 18.6. The molecule has 2 aliphatic heterocycles. The predicted octanol–water partition coefficient (Wildman–Crippen LogP) is 2.68. The zero-order chi connectivity index (χ0) is 21.7. The third kappa shape index (κ3) is 6.38. The molecule has 8 nitrogen and oxygen atoms in total. The van der Waals surface area contributed by atoms with Crippen molar-refractivity contribution in [2.45, 2.75) is 67.0 Å². The van der Waals surface area contributed by atoms with Gasteiger partial charge in [-0.1, -0.05) is 41.5 Å². The number of carbonyl (C=O) groups is 2. The smallest absolute Gasteiger partial charge is 0.305 e.